The molecule has 13 heavy (non-hydrogen) atoms. The first kappa shape index (κ1) is 10.3. The van der Waals surface area contributed by atoms with Gasteiger partial charge in [-0.3, -0.25) is 0 Å². The molecule has 1 nitrogen and oxygen atoms in total. The van der Waals surface area contributed by atoms with Crippen LogP contribution in [0.1, 0.15) is 31.4 Å². The van der Waals surface area contributed by atoms with Gasteiger partial charge < -0.3 is 5.73 Å². The summed E-state index contributed by atoms with van der Waals surface area (Å²) in [5.41, 5.74) is 8.23. The van der Waals surface area contributed by atoms with E-state index in [9.17, 15) is 0 Å². The highest BCUT2D eigenvalue weighted by Crippen LogP contribution is 2.10. The van der Waals surface area contributed by atoms with Crippen LogP contribution in [0.3, 0.4) is 0 Å². The molecule has 0 aliphatic heterocycles. The summed E-state index contributed by atoms with van der Waals surface area (Å²) in [6.45, 7) is 5.16. The lowest BCUT2D eigenvalue weighted by atomic mass is 10.0. The van der Waals surface area contributed by atoms with Crippen LogP contribution in [0, 0.1) is 5.92 Å². The Morgan fingerprint density at radius 1 is 1.23 bits per heavy atom. The van der Waals surface area contributed by atoms with E-state index in [0.29, 0.717) is 6.54 Å². The van der Waals surface area contributed by atoms with Gasteiger partial charge in [-0.05, 0) is 29.9 Å². The van der Waals surface area contributed by atoms with Crippen LogP contribution in [-0.2, 0) is 13.0 Å². The minimum atomic E-state index is 0.648. The molecular formula is C12H19N. The molecule has 2 N–H and O–H groups in total. The fraction of sp³-hybridized carbons (Fsp3) is 0.500. The minimum Gasteiger partial charge on any atom is -0.326 e. The Morgan fingerprint density at radius 2 is 1.92 bits per heavy atom. The van der Waals surface area contributed by atoms with Gasteiger partial charge >= 0.3 is 0 Å². The Balaban J connectivity index is 2.56. The van der Waals surface area contributed by atoms with E-state index in [1.165, 1.54) is 24.0 Å². The predicted octanol–water partition coefficient (Wildman–Crippen LogP) is 2.73. The van der Waals surface area contributed by atoms with Crippen LogP contribution in [0.15, 0.2) is 24.3 Å². The maximum atomic E-state index is 5.57. The van der Waals surface area contributed by atoms with Crippen molar-refractivity contribution in [2.45, 2.75) is 33.2 Å². The molecule has 0 saturated heterocycles. The van der Waals surface area contributed by atoms with E-state index >= 15 is 0 Å². The fourth-order valence-electron chi connectivity index (χ4n) is 1.37. The second-order valence-corrected chi connectivity index (χ2v) is 3.96. The van der Waals surface area contributed by atoms with Crippen LogP contribution < -0.4 is 5.73 Å². The van der Waals surface area contributed by atoms with E-state index in [4.69, 9.17) is 5.73 Å². The summed E-state index contributed by atoms with van der Waals surface area (Å²) in [5, 5.41) is 0. The number of benzene rings is 1. The van der Waals surface area contributed by atoms with Crippen molar-refractivity contribution < 1.29 is 0 Å². The molecule has 0 atom stereocenters. The zero-order valence-electron chi connectivity index (χ0n) is 8.59. The second-order valence-electron chi connectivity index (χ2n) is 3.96. The van der Waals surface area contributed by atoms with E-state index < -0.39 is 0 Å². The SMILES string of the molecule is CC(C)CCc1cccc(CN)c1. The lowest BCUT2D eigenvalue weighted by molar-refractivity contribution is 0.586. The standard InChI is InChI=1S/C12H19N/c1-10(2)6-7-11-4-3-5-12(8-11)9-13/h3-5,8,10H,6-7,9,13H2,1-2H3. The molecule has 0 aromatic heterocycles. The molecule has 1 rings (SSSR count). The molecule has 0 heterocycles. The van der Waals surface area contributed by atoms with Gasteiger partial charge in [0.05, 0.1) is 0 Å². The van der Waals surface area contributed by atoms with Crippen molar-refractivity contribution in [1.82, 2.24) is 0 Å². The van der Waals surface area contributed by atoms with Crippen LogP contribution in [0.5, 0.6) is 0 Å². The van der Waals surface area contributed by atoms with Crippen LogP contribution in [0.2, 0.25) is 0 Å². The van der Waals surface area contributed by atoms with Crippen molar-refractivity contribution in [3.05, 3.63) is 35.4 Å². The van der Waals surface area contributed by atoms with Crippen molar-refractivity contribution in [2.75, 3.05) is 0 Å². The molecule has 0 saturated carbocycles. The topological polar surface area (TPSA) is 26.0 Å². The third-order valence-electron chi connectivity index (χ3n) is 2.24. The van der Waals surface area contributed by atoms with Crippen LogP contribution in [0.25, 0.3) is 0 Å². The highest BCUT2D eigenvalue weighted by molar-refractivity contribution is 5.23. The van der Waals surface area contributed by atoms with Crippen LogP contribution >= 0.6 is 0 Å². The molecular weight excluding hydrogens is 158 g/mol. The van der Waals surface area contributed by atoms with Gasteiger partial charge in [0, 0.05) is 6.54 Å². The highest BCUT2D eigenvalue weighted by atomic mass is 14.5. The molecule has 1 aromatic rings. The lowest BCUT2D eigenvalue weighted by Crippen LogP contribution is -1.98. The summed E-state index contributed by atoms with van der Waals surface area (Å²) >= 11 is 0. The maximum absolute atomic E-state index is 5.57. The molecule has 72 valence electrons. The Kier molecular flexibility index (Phi) is 3.97. The zero-order chi connectivity index (χ0) is 9.68. The monoisotopic (exact) mass is 177 g/mol. The summed E-state index contributed by atoms with van der Waals surface area (Å²) in [4.78, 5) is 0. The van der Waals surface area contributed by atoms with Gasteiger partial charge in [-0.1, -0.05) is 38.1 Å². The number of rotatable bonds is 4. The summed E-state index contributed by atoms with van der Waals surface area (Å²) < 4.78 is 0. The van der Waals surface area contributed by atoms with Gasteiger partial charge in [0.2, 0.25) is 0 Å². The Labute approximate surface area is 81.0 Å². The van der Waals surface area contributed by atoms with Gasteiger partial charge in [-0.15, -0.1) is 0 Å². The summed E-state index contributed by atoms with van der Waals surface area (Å²) in [5.74, 6) is 0.779. The van der Waals surface area contributed by atoms with E-state index in [2.05, 4.69) is 38.1 Å². The highest BCUT2D eigenvalue weighted by Gasteiger charge is 1.97. The molecule has 0 fully saturated rings. The number of hydrogen-bond acceptors (Lipinski definition) is 1. The Morgan fingerprint density at radius 3 is 2.54 bits per heavy atom. The smallest absolute Gasteiger partial charge is 0.0178 e. The third kappa shape index (κ3) is 3.60. The van der Waals surface area contributed by atoms with E-state index in [1.54, 1.807) is 0 Å². The molecule has 0 unspecified atom stereocenters. The molecule has 1 heteroatoms. The quantitative estimate of drug-likeness (QED) is 0.752. The van der Waals surface area contributed by atoms with Gasteiger partial charge in [-0.2, -0.15) is 0 Å². The maximum Gasteiger partial charge on any atom is 0.0178 e. The van der Waals surface area contributed by atoms with Gasteiger partial charge in [0.1, 0.15) is 0 Å². The van der Waals surface area contributed by atoms with E-state index in [0.717, 1.165) is 5.92 Å². The van der Waals surface area contributed by atoms with Crippen molar-refractivity contribution in [2.24, 2.45) is 11.7 Å². The number of hydrogen-bond donors (Lipinski definition) is 1. The number of nitrogens with two attached hydrogens (primary N) is 1. The Bertz CT molecular complexity index is 253. The van der Waals surface area contributed by atoms with Crippen molar-refractivity contribution in [3.8, 4) is 0 Å². The van der Waals surface area contributed by atoms with Crippen molar-refractivity contribution in [3.63, 3.8) is 0 Å². The second kappa shape index (κ2) is 5.03. The molecule has 0 aliphatic rings. The zero-order valence-corrected chi connectivity index (χ0v) is 8.59. The fourth-order valence-corrected chi connectivity index (χ4v) is 1.37. The average Bonchev–Trinajstić information content (AvgIpc) is 2.15. The van der Waals surface area contributed by atoms with Crippen LogP contribution in [0.4, 0.5) is 0 Å². The summed E-state index contributed by atoms with van der Waals surface area (Å²) in [7, 11) is 0. The normalized spacial score (nSPS) is 10.8. The van der Waals surface area contributed by atoms with Gasteiger partial charge in [0.25, 0.3) is 0 Å². The molecule has 0 amide bonds. The Hall–Kier alpha value is -0.820. The molecule has 1 aromatic carbocycles. The van der Waals surface area contributed by atoms with Gasteiger partial charge in [0.15, 0.2) is 0 Å². The largest absolute Gasteiger partial charge is 0.326 e. The first-order chi connectivity index (χ1) is 6.22. The predicted molar refractivity (Wildman–Crippen MR) is 57.5 cm³/mol. The van der Waals surface area contributed by atoms with E-state index in [1.807, 2.05) is 0 Å². The molecule has 0 spiro atoms. The number of aryl methyl sites for hydroxylation is 1. The lowest BCUT2D eigenvalue weighted by Gasteiger charge is -2.05. The first-order valence-corrected chi connectivity index (χ1v) is 5.00. The van der Waals surface area contributed by atoms with Crippen LogP contribution in [-0.4, -0.2) is 0 Å². The first-order valence-electron chi connectivity index (χ1n) is 5.00. The molecule has 0 radical (unpaired) electrons. The van der Waals surface area contributed by atoms with Crippen molar-refractivity contribution in [1.29, 1.82) is 0 Å². The van der Waals surface area contributed by atoms with E-state index in [-0.39, 0.29) is 0 Å². The minimum absolute atomic E-state index is 0.648. The van der Waals surface area contributed by atoms with Crippen molar-refractivity contribution >= 4 is 0 Å². The summed E-state index contributed by atoms with van der Waals surface area (Å²) in [6.07, 6.45) is 2.43. The average molecular weight is 177 g/mol. The third-order valence-corrected chi connectivity index (χ3v) is 2.24. The molecule has 0 bridgehead atoms. The molecule has 0 aliphatic carbocycles. The van der Waals surface area contributed by atoms with Gasteiger partial charge in [-0.25, -0.2) is 0 Å². The summed E-state index contributed by atoms with van der Waals surface area (Å²) in [6, 6.07) is 8.57.